The van der Waals surface area contributed by atoms with Crippen LogP contribution in [0.3, 0.4) is 0 Å². The molecular formula is C14H27ClN2O2. The van der Waals surface area contributed by atoms with Crippen molar-refractivity contribution in [3.63, 3.8) is 0 Å². The predicted molar refractivity (Wildman–Crippen MR) is 78.5 cm³/mol. The van der Waals surface area contributed by atoms with Gasteiger partial charge in [0.1, 0.15) is 0 Å². The van der Waals surface area contributed by atoms with Gasteiger partial charge in [-0.1, -0.05) is 6.92 Å². The van der Waals surface area contributed by atoms with Gasteiger partial charge in [-0.05, 0) is 50.6 Å². The van der Waals surface area contributed by atoms with Crippen LogP contribution in [0.2, 0.25) is 0 Å². The maximum Gasteiger partial charge on any atom is 0.223 e. The molecule has 0 aromatic heterocycles. The second-order valence-corrected chi connectivity index (χ2v) is 5.83. The normalized spacial score (nSPS) is 28.9. The summed E-state index contributed by atoms with van der Waals surface area (Å²) in [6.07, 6.45) is 5.08. The Hall–Kier alpha value is -0.320. The summed E-state index contributed by atoms with van der Waals surface area (Å²) in [5, 5.41) is 6.35. The molecule has 0 spiro atoms. The summed E-state index contributed by atoms with van der Waals surface area (Å²) in [7, 11) is 1.79. The number of carbonyl (C=O) groups excluding carboxylic acids is 1. The van der Waals surface area contributed by atoms with Crippen molar-refractivity contribution in [2.45, 2.75) is 38.7 Å². The van der Waals surface area contributed by atoms with Crippen LogP contribution in [0.5, 0.6) is 0 Å². The highest BCUT2D eigenvalue weighted by Gasteiger charge is 2.29. The Kier molecular flexibility index (Phi) is 7.11. The van der Waals surface area contributed by atoms with E-state index < -0.39 is 0 Å². The fraction of sp³-hybridized carbons (Fsp3) is 0.929. The van der Waals surface area contributed by atoms with Crippen LogP contribution in [0.4, 0.5) is 0 Å². The average Bonchev–Trinajstić information content (AvgIpc) is 2.34. The lowest BCUT2D eigenvalue weighted by atomic mass is 9.86. The third-order valence-corrected chi connectivity index (χ3v) is 4.63. The van der Waals surface area contributed by atoms with E-state index in [0.29, 0.717) is 17.9 Å². The summed E-state index contributed by atoms with van der Waals surface area (Å²) < 4.78 is 5.36. The van der Waals surface area contributed by atoms with E-state index in [-0.39, 0.29) is 24.2 Å². The van der Waals surface area contributed by atoms with Gasteiger partial charge in [0, 0.05) is 19.6 Å². The SMILES string of the molecule is COC1CCC(CNC(=O)C(C)C2CNC2)CC1.Cl. The van der Waals surface area contributed by atoms with Gasteiger partial charge in [0.25, 0.3) is 0 Å². The zero-order valence-corrected chi connectivity index (χ0v) is 12.8. The number of halogens is 1. The number of nitrogens with one attached hydrogen (secondary N) is 2. The van der Waals surface area contributed by atoms with E-state index in [1.54, 1.807) is 7.11 Å². The van der Waals surface area contributed by atoms with Gasteiger partial charge in [-0.25, -0.2) is 0 Å². The minimum Gasteiger partial charge on any atom is -0.381 e. The molecule has 1 unspecified atom stereocenters. The molecule has 1 saturated carbocycles. The number of hydrogen-bond acceptors (Lipinski definition) is 3. The van der Waals surface area contributed by atoms with Crippen LogP contribution in [0.25, 0.3) is 0 Å². The molecule has 112 valence electrons. The minimum absolute atomic E-state index is 0. The molecule has 1 aliphatic heterocycles. The van der Waals surface area contributed by atoms with Gasteiger partial charge in [0.15, 0.2) is 0 Å². The van der Waals surface area contributed by atoms with E-state index in [9.17, 15) is 4.79 Å². The number of carbonyl (C=O) groups is 1. The molecule has 1 saturated heterocycles. The maximum absolute atomic E-state index is 12.0. The van der Waals surface area contributed by atoms with Crippen LogP contribution < -0.4 is 10.6 Å². The first-order valence-electron chi connectivity index (χ1n) is 7.22. The van der Waals surface area contributed by atoms with Gasteiger partial charge in [-0.3, -0.25) is 4.79 Å². The fourth-order valence-electron chi connectivity index (χ4n) is 2.86. The fourth-order valence-corrected chi connectivity index (χ4v) is 2.86. The van der Waals surface area contributed by atoms with Crippen LogP contribution in [0.1, 0.15) is 32.6 Å². The number of ether oxygens (including phenoxy) is 1. The van der Waals surface area contributed by atoms with Crippen molar-refractivity contribution in [1.29, 1.82) is 0 Å². The second kappa shape index (κ2) is 8.08. The van der Waals surface area contributed by atoms with Gasteiger partial charge in [-0.2, -0.15) is 0 Å². The third-order valence-electron chi connectivity index (χ3n) is 4.63. The molecule has 1 aliphatic carbocycles. The molecule has 0 radical (unpaired) electrons. The first-order chi connectivity index (χ1) is 8.70. The van der Waals surface area contributed by atoms with Crippen molar-refractivity contribution >= 4 is 18.3 Å². The lowest BCUT2D eigenvalue weighted by Gasteiger charge is -2.32. The Morgan fingerprint density at radius 1 is 1.32 bits per heavy atom. The summed E-state index contributed by atoms with van der Waals surface area (Å²) >= 11 is 0. The first-order valence-corrected chi connectivity index (χ1v) is 7.22. The quantitative estimate of drug-likeness (QED) is 0.808. The van der Waals surface area contributed by atoms with Crippen molar-refractivity contribution in [3.05, 3.63) is 0 Å². The Morgan fingerprint density at radius 2 is 1.95 bits per heavy atom. The van der Waals surface area contributed by atoms with Gasteiger partial charge < -0.3 is 15.4 Å². The molecule has 2 N–H and O–H groups in total. The molecule has 1 atom stereocenters. The summed E-state index contributed by atoms with van der Waals surface area (Å²) in [5.74, 6) is 1.57. The molecule has 19 heavy (non-hydrogen) atoms. The van der Waals surface area contributed by atoms with Crippen molar-refractivity contribution in [1.82, 2.24) is 10.6 Å². The molecular weight excluding hydrogens is 264 g/mol. The van der Waals surface area contributed by atoms with Crippen LogP contribution >= 0.6 is 12.4 Å². The molecule has 4 nitrogen and oxygen atoms in total. The minimum atomic E-state index is 0. The van der Waals surface area contributed by atoms with Gasteiger partial charge in [0.05, 0.1) is 6.10 Å². The maximum atomic E-state index is 12.0. The monoisotopic (exact) mass is 290 g/mol. The standard InChI is InChI=1S/C14H26N2O2.ClH/c1-10(12-8-15-9-12)14(17)16-7-11-3-5-13(18-2)6-4-11;/h10-13,15H,3-9H2,1-2H3,(H,16,17);1H. The van der Waals surface area contributed by atoms with E-state index in [2.05, 4.69) is 10.6 Å². The topological polar surface area (TPSA) is 50.4 Å². The van der Waals surface area contributed by atoms with Crippen LogP contribution in [0.15, 0.2) is 0 Å². The van der Waals surface area contributed by atoms with E-state index in [4.69, 9.17) is 4.74 Å². The summed E-state index contributed by atoms with van der Waals surface area (Å²) in [6.45, 7) is 4.88. The molecule has 0 aromatic rings. The number of methoxy groups -OCH3 is 1. The Bertz CT molecular complexity index is 277. The number of hydrogen-bond donors (Lipinski definition) is 2. The smallest absolute Gasteiger partial charge is 0.223 e. The molecule has 0 aromatic carbocycles. The first kappa shape index (κ1) is 16.7. The molecule has 2 rings (SSSR count). The zero-order chi connectivity index (χ0) is 13.0. The summed E-state index contributed by atoms with van der Waals surface area (Å²) in [5.41, 5.74) is 0. The van der Waals surface area contributed by atoms with E-state index in [1.807, 2.05) is 6.92 Å². The zero-order valence-electron chi connectivity index (χ0n) is 12.0. The second-order valence-electron chi connectivity index (χ2n) is 5.83. The molecule has 2 fully saturated rings. The predicted octanol–water partition coefficient (Wildman–Crippen LogP) is 1.59. The van der Waals surface area contributed by atoms with Gasteiger partial charge >= 0.3 is 0 Å². The highest BCUT2D eigenvalue weighted by atomic mass is 35.5. The molecule has 5 heteroatoms. The van der Waals surface area contributed by atoms with Crippen molar-refractivity contribution < 1.29 is 9.53 Å². The largest absolute Gasteiger partial charge is 0.381 e. The number of amides is 1. The lowest BCUT2D eigenvalue weighted by Crippen LogP contribution is -2.50. The molecule has 1 amide bonds. The van der Waals surface area contributed by atoms with Crippen molar-refractivity contribution in [2.24, 2.45) is 17.8 Å². The molecule has 1 heterocycles. The highest BCUT2D eigenvalue weighted by molar-refractivity contribution is 5.85. The lowest BCUT2D eigenvalue weighted by molar-refractivity contribution is -0.127. The van der Waals surface area contributed by atoms with Crippen LogP contribution in [0, 0.1) is 17.8 Å². The number of rotatable bonds is 5. The van der Waals surface area contributed by atoms with E-state index >= 15 is 0 Å². The Morgan fingerprint density at radius 3 is 2.42 bits per heavy atom. The summed E-state index contributed by atoms with van der Waals surface area (Å²) in [4.78, 5) is 12.0. The average molecular weight is 291 g/mol. The van der Waals surface area contributed by atoms with Crippen molar-refractivity contribution in [2.75, 3.05) is 26.7 Å². The summed E-state index contributed by atoms with van der Waals surface area (Å²) in [6, 6.07) is 0. The Balaban J connectivity index is 0.00000180. The van der Waals surface area contributed by atoms with E-state index in [1.165, 1.54) is 12.8 Å². The van der Waals surface area contributed by atoms with Crippen LogP contribution in [-0.4, -0.2) is 38.8 Å². The van der Waals surface area contributed by atoms with Crippen LogP contribution in [-0.2, 0) is 9.53 Å². The Labute approximate surface area is 122 Å². The van der Waals surface area contributed by atoms with Gasteiger partial charge in [-0.15, -0.1) is 12.4 Å². The van der Waals surface area contributed by atoms with Gasteiger partial charge in [0.2, 0.25) is 5.91 Å². The highest BCUT2D eigenvalue weighted by Crippen LogP contribution is 2.25. The van der Waals surface area contributed by atoms with E-state index in [0.717, 1.165) is 32.5 Å². The third kappa shape index (κ3) is 4.62. The molecule has 0 bridgehead atoms. The van der Waals surface area contributed by atoms with Crippen molar-refractivity contribution in [3.8, 4) is 0 Å². The molecule has 2 aliphatic rings.